The highest BCUT2D eigenvalue weighted by atomic mass is 19.1. The highest BCUT2D eigenvalue weighted by Crippen LogP contribution is 2.23. The number of hydrogen-bond acceptors (Lipinski definition) is 6. The van der Waals surface area contributed by atoms with Crippen LogP contribution in [0.25, 0.3) is 0 Å². The Kier molecular flexibility index (Phi) is 6.89. The Morgan fingerprint density at radius 1 is 1.33 bits per heavy atom. The molecule has 7 nitrogen and oxygen atoms in total. The van der Waals surface area contributed by atoms with E-state index in [1.54, 1.807) is 32.7 Å². The minimum atomic E-state index is -1.03. The van der Waals surface area contributed by atoms with Gasteiger partial charge in [0.2, 0.25) is 6.41 Å². The fourth-order valence-electron chi connectivity index (χ4n) is 2.22. The Bertz CT molecular complexity index is 515. The van der Waals surface area contributed by atoms with E-state index in [2.05, 4.69) is 0 Å². The Balaban J connectivity index is 2.76. The number of ether oxygens (including phenoxy) is 2. The summed E-state index contributed by atoms with van der Waals surface area (Å²) in [5, 5.41) is 0. The van der Waals surface area contributed by atoms with Gasteiger partial charge < -0.3 is 14.4 Å². The van der Waals surface area contributed by atoms with Gasteiger partial charge in [0, 0.05) is 18.8 Å². The molecule has 3 amide bonds. The fraction of sp³-hybridized carbons (Fsp3) is 0.688. The third-order valence-electron chi connectivity index (χ3n) is 3.36. The van der Waals surface area contributed by atoms with Crippen LogP contribution in [0.1, 0.15) is 40.5 Å². The van der Waals surface area contributed by atoms with Gasteiger partial charge >= 0.3 is 6.09 Å². The number of carbonyl (C=O) groups is 3. The Labute approximate surface area is 141 Å². The number of carbonyl (C=O) groups excluding carboxylic acids is 3. The van der Waals surface area contributed by atoms with Crippen LogP contribution in [-0.2, 0) is 19.1 Å². The second kappa shape index (κ2) is 8.23. The van der Waals surface area contributed by atoms with Crippen LogP contribution in [0.5, 0.6) is 0 Å². The predicted octanol–water partition coefficient (Wildman–Crippen LogP) is 2.22. The van der Waals surface area contributed by atoms with Crippen molar-refractivity contribution >= 4 is 18.4 Å². The molecule has 0 spiro atoms. The first-order chi connectivity index (χ1) is 11.1. The van der Waals surface area contributed by atoms with Crippen molar-refractivity contribution in [2.45, 2.75) is 58.5 Å². The Hall–Kier alpha value is -1.96. The van der Waals surface area contributed by atoms with E-state index in [0.717, 1.165) is 0 Å². The van der Waals surface area contributed by atoms with Gasteiger partial charge in [-0.25, -0.2) is 9.18 Å². The van der Waals surface area contributed by atoms with Crippen LogP contribution in [0, 0.1) is 0 Å². The molecule has 1 saturated heterocycles. The van der Waals surface area contributed by atoms with E-state index in [0.29, 0.717) is 17.7 Å². The summed E-state index contributed by atoms with van der Waals surface area (Å²) >= 11 is 0. The maximum absolute atomic E-state index is 12.6. The van der Waals surface area contributed by atoms with Gasteiger partial charge in [0.25, 0.3) is 5.91 Å². The van der Waals surface area contributed by atoms with Gasteiger partial charge in [0.1, 0.15) is 18.5 Å². The van der Waals surface area contributed by atoms with Crippen molar-refractivity contribution in [3.8, 4) is 0 Å². The van der Waals surface area contributed by atoms with Crippen molar-refractivity contribution in [1.82, 2.24) is 9.80 Å². The first-order valence-electron chi connectivity index (χ1n) is 7.72. The smallest absolute Gasteiger partial charge is 0.424 e. The molecule has 0 radical (unpaired) electrons. The van der Waals surface area contributed by atoms with Gasteiger partial charge in [-0.2, -0.15) is 4.90 Å². The van der Waals surface area contributed by atoms with Gasteiger partial charge in [0.05, 0.1) is 6.10 Å². The van der Waals surface area contributed by atoms with Gasteiger partial charge in [-0.1, -0.05) is 0 Å². The van der Waals surface area contributed by atoms with Crippen molar-refractivity contribution in [1.29, 1.82) is 0 Å². The average Bonchev–Trinajstić information content (AvgIpc) is 2.94. The monoisotopic (exact) mass is 344 g/mol. The number of halogens is 1. The van der Waals surface area contributed by atoms with E-state index in [1.165, 1.54) is 13.1 Å². The van der Waals surface area contributed by atoms with Crippen LogP contribution >= 0.6 is 0 Å². The highest BCUT2D eigenvalue weighted by Gasteiger charge is 2.30. The van der Waals surface area contributed by atoms with E-state index in [4.69, 9.17) is 9.47 Å². The van der Waals surface area contributed by atoms with Crippen LogP contribution in [0.2, 0.25) is 0 Å². The zero-order valence-corrected chi connectivity index (χ0v) is 14.7. The van der Waals surface area contributed by atoms with Gasteiger partial charge in [-0.05, 0) is 40.5 Å². The van der Waals surface area contributed by atoms with E-state index in [-0.39, 0.29) is 18.2 Å². The minimum Gasteiger partial charge on any atom is -0.443 e. The van der Waals surface area contributed by atoms with Gasteiger partial charge in [-0.15, -0.1) is 0 Å². The molecule has 0 bridgehead atoms. The molecule has 0 N–H and O–H groups in total. The van der Waals surface area contributed by atoms with Crippen LogP contribution in [0.4, 0.5) is 9.18 Å². The largest absolute Gasteiger partial charge is 0.443 e. The summed E-state index contributed by atoms with van der Waals surface area (Å²) in [6.07, 6.45) is 1.01. The van der Waals surface area contributed by atoms with Crippen molar-refractivity contribution in [3.63, 3.8) is 0 Å². The number of hydrogen-bond donors (Lipinski definition) is 0. The fourth-order valence-corrected chi connectivity index (χ4v) is 2.22. The SMILES string of the molecule is C/C(=C/N(C)C1CCC(CF)O1)C(=O)N(C=O)C(=O)OC(C)(C)C. The van der Waals surface area contributed by atoms with Crippen LogP contribution in [0.3, 0.4) is 0 Å². The van der Waals surface area contributed by atoms with Crippen LogP contribution in [-0.4, -0.2) is 59.9 Å². The molecule has 0 aromatic rings. The number of rotatable bonds is 5. The number of nitrogens with zero attached hydrogens (tertiary/aromatic N) is 2. The van der Waals surface area contributed by atoms with E-state index < -0.39 is 30.4 Å². The summed E-state index contributed by atoms with van der Waals surface area (Å²) in [6, 6.07) is 0. The summed E-state index contributed by atoms with van der Waals surface area (Å²) in [6.45, 7) is 5.82. The van der Waals surface area contributed by atoms with Gasteiger partial charge in [-0.3, -0.25) is 9.59 Å². The molecule has 1 aliphatic rings. The lowest BCUT2D eigenvalue weighted by Gasteiger charge is -2.25. The quantitative estimate of drug-likeness (QED) is 0.562. The van der Waals surface area contributed by atoms with Crippen molar-refractivity contribution in [2.75, 3.05) is 13.7 Å². The van der Waals surface area contributed by atoms with Crippen molar-refractivity contribution < 1.29 is 28.2 Å². The molecule has 8 heteroatoms. The molecule has 0 aromatic heterocycles. The third kappa shape index (κ3) is 5.59. The number of amides is 3. The van der Waals surface area contributed by atoms with E-state index in [9.17, 15) is 18.8 Å². The van der Waals surface area contributed by atoms with E-state index in [1.807, 2.05) is 0 Å². The molecule has 0 saturated carbocycles. The van der Waals surface area contributed by atoms with Gasteiger partial charge in [0.15, 0.2) is 0 Å². The highest BCUT2D eigenvalue weighted by molar-refractivity contribution is 6.09. The lowest BCUT2D eigenvalue weighted by atomic mass is 10.2. The third-order valence-corrected chi connectivity index (χ3v) is 3.36. The maximum Gasteiger partial charge on any atom is 0.424 e. The zero-order chi connectivity index (χ0) is 18.5. The second-order valence-electron chi connectivity index (χ2n) is 6.68. The number of alkyl halides is 1. The molecule has 136 valence electrons. The molecule has 1 heterocycles. The molecule has 2 atom stereocenters. The van der Waals surface area contributed by atoms with Crippen molar-refractivity contribution in [2.24, 2.45) is 0 Å². The normalized spacial score (nSPS) is 21.3. The molecular formula is C16H25FN2O5. The lowest BCUT2D eigenvalue weighted by molar-refractivity contribution is -0.134. The Morgan fingerprint density at radius 2 is 1.96 bits per heavy atom. The zero-order valence-electron chi connectivity index (χ0n) is 14.7. The lowest BCUT2D eigenvalue weighted by Crippen LogP contribution is -2.40. The Morgan fingerprint density at radius 3 is 2.42 bits per heavy atom. The number of imide groups is 3. The second-order valence-corrected chi connectivity index (χ2v) is 6.68. The summed E-state index contributed by atoms with van der Waals surface area (Å²) in [4.78, 5) is 37.3. The molecule has 2 unspecified atom stereocenters. The summed E-state index contributed by atoms with van der Waals surface area (Å²) in [5.41, 5.74) is -0.672. The maximum atomic E-state index is 12.6. The summed E-state index contributed by atoms with van der Waals surface area (Å²) < 4.78 is 23.1. The predicted molar refractivity (Wildman–Crippen MR) is 84.5 cm³/mol. The van der Waals surface area contributed by atoms with Crippen molar-refractivity contribution in [3.05, 3.63) is 11.8 Å². The molecule has 0 aliphatic carbocycles. The molecule has 1 fully saturated rings. The topological polar surface area (TPSA) is 76.2 Å². The molecule has 24 heavy (non-hydrogen) atoms. The minimum absolute atomic E-state index is 0.124. The molecule has 0 aromatic carbocycles. The first kappa shape index (κ1) is 20.1. The summed E-state index contributed by atoms with van der Waals surface area (Å²) in [5.74, 6) is -0.786. The van der Waals surface area contributed by atoms with Crippen LogP contribution in [0.15, 0.2) is 11.8 Å². The first-order valence-corrected chi connectivity index (χ1v) is 7.72. The molecule has 1 rings (SSSR count). The standard InChI is InChI=1S/C16H25FN2O5/c1-11(9-18(5)13-7-6-12(8-17)23-13)14(21)19(10-20)15(22)24-16(2,3)4/h9-10,12-13H,6-8H2,1-5H3/b11-9-. The van der Waals surface area contributed by atoms with E-state index >= 15 is 0 Å². The summed E-state index contributed by atoms with van der Waals surface area (Å²) in [7, 11) is 1.68. The molecule has 1 aliphatic heterocycles. The van der Waals surface area contributed by atoms with Crippen LogP contribution < -0.4 is 0 Å². The average molecular weight is 344 g/mol. The molecular weight excluding hydrogens is 319 g/mol.